The van der Waals surface area contributed by atoms with Crippen molar-refractivity contribution in [1.82, 2.24) is 10.2 Å². The number of hydrogen-bond donors (Lipinski definition) is 2. The number of hydrogen-bond acceptors (Lipinski definition) is 3. The molecule has 5 heteroatoms. The van der Waals surface area contributed by atoms with E-state index in [9.17, 15) is 9.18 Å². The highest BCUT2D eigenvalue weighted by Crippen LogP contribution is 2.29. The normalized spacial score (nSPS) is 26.4. The number of carbonyl (C=O) groups excluding carboxylic acids is 1. The monoisotopic (exact) mass is 277 g/mol. The average molecular weight is 277 g/mol. The molecule has 1 aromatic rings. The number of piperidine rings is 1. The molecule has 2 saturated heterocycles. The molecule has 2 aliphatic heterocycles. The molecule has 108 valence electrons. The SMILES string of the molecule is NCc1ccc(CN2CCCC3C(=O)NCC32)c(F)c1. The number of likely N-dealkylation sites (tertiary alicyclic amines) is 1. The Kier molecular flexibility index (Phi) is 3.72. The highest BCUT2D eigenvalue weighted by atomic mass is 19.1. The fraction of sp³-hybridized carbons (Fsp3) is 0.533. The van der Waals surface area contributed by atoms with Gasteiger partial charge in [-0.25, -0.2) is 4.39 Å². The number of rotatable bonds is 3. The van der Waals surface area contributed by atoms with E-state index in [0.717, 1.165) is 24.9 Å². The van der Waals surface area contributed by atoms with Crippen molar-refractivity contribution in [3.05, 3.63) is 35.1 Å². The van der Waals surface area contributed by atoms with Crippen LogP contribution in [0.4, 0.5) is 4.39 Å². The number of halogens is 1. The molecule has 2 atom stereocenters. The van der Waals surface area contributed by atoms with Gasteiger partial charge in [-0.05, 0) is 31.0 Å². The summed E-state index contributed by atoms with van der Waals surface area (Å²) in [5, 5.41) is 2.92. The van der Waals surface area contributed by atoms with Gasteiger partial charge in [0.2, 0.25) is 5.91 Å². The third-order valence-electron chi connectivity index (χ3n) is 4.44. The molecule has 3 N–H and O–H groups in total. The van der Waals surface area contributed by atoms with Gasteiger partial charge in [0.05, 0.1) is 5.92 Å². The van der Waals surface area contributed by atoms with E-state index in [1.54, 1.807) is 0 Å². The molecule has 2 unspecified atom stereocenters. The van der Waals surface area contributed by atoms with Gasteiger partial charge < -0.3 is 11.1 Å². The number of amides is 1. The summed E-state index contributed by atoms with van der Waals surface area (Å²) in [6.07, 6.45) is 1.94. The Bertz CT molecular complexity index is 520. The van der Waals surface area contributed by atoms with Crippen LogP contribution >= 0.6 is 0 Å². The molecule has 1 aromatic carbocycles. The summed E-state index contributed by atoms with van der Waals surface area (Å²) in [4.78, 5) is 14.0. The van der Waals surface area contributed by atoms with Gasteiger partial charge in [0.1, 0.15) is 5.82 Å². The van der Waals surface area contributed by atoms with Crippen LogP contribution in [0.1, 0.15) is 24.0 Å². The summed E-state index contributed by atoms with van der Waals surface area (Å²) in [5.74, 6) is 0.0288. The molecular formula is C15H20FN3O. The van der Waals surface area contributed by atoms with Crippen molar-refractivity contribution in [3.8, 4) is 0 Å². The van der Waals surface area contributed by atoms with Gasteiger partial charge in [0.15, 0.2) is 0 Å². The zero-order chi connectivity index (χ0) is 14.1. The number of nitrogens with one attached hydrogen (secondary N) is 1. The van der Waals surface area contributed by atoms with Crippen LogP contribution in [0.2, 0.25) is 0 Å². The van der Waals surface area contributed by atoms with Crippen molar-refractivity contribution in [2.75, 3.05) is 13.1 Å². The van der Waals surface area contributed by atoms with E-state index in [-0.39, 0.29) is 23.7 Å². The molecule has 4 nitrogen and oxygen atoms in total. The number of nitrogens with zero attached hydrogens (tertiary/aromatic N) is 1. The van der Waals surface area contributed by atoms with Gasteiger partial charge in [-0.3, -0.25) is 9.69 Å². The molecule has 2 heterocycles. The van der Waals surface area contributed by atoms with Crippen molar-refractivity contribution in [3.63, 3.8) is 0 Å². The van der Waals surface area contributed by atoms with Crippen molar-refractivity contribution in [2.45, 2.75) is 32.0 Å². The zero-order valence-electron chi connectivity index (χ0n) is 11.4. The van der Waals surface area contributed by atoms with Gasteiger partial charge >= 0.3 is 0 Å². The van der Waals surface area contributed by atoms with Crippen molar-refractivity contribution in [2.24, 2.45) is 11.7 Å². The minimum Gasteiger partial charge on any atom is -0.354 e. The van der Waals surface area contributed by atoms with Crippen LogP contribution < -0.4 is 11.1 Å². The first-order chi connectivity index (χ1) is 9.69. The summed E-state index contributed by atoms with van der Waals surface area (Å²) in [7, 11) is 0. The first-order valence-electron chi connectivity index (χ1n) is 7.18. The smallest absolute Gasteiger partial charge is 0.224 e. The Morgan fingerprint density at radius 1 is 1.45 bits per heavy atom. The number of fused-ring (bicyclic) bond motifs is 1. The van der Waals surface area contributed by atoms with E-state index in [0.29, 0.717) is 25.2 Å². The average Bonchev–Trinajstić information content (AvgIpc) is 2.84. The second kappa shape index (κ2) is 5.50. The summed E-state index contributed by atoms with van der Waals surface area (Å²) in [6, 6.07) is 5.41. The van der Waals surface area contributed by atoms with Crippen LogP contribution in [-0.2, 0) is 17.9 Å². The Labute approximate surface area is 118 Å². The molecule has 0 aliphatic carbocycles. The van der Waals surface area contributed by atoms with Gasteiger partial charge in [-0.2, -0.15) is 0 Å². The second-order valence-electron chi connectivity index (χ2n) is 5.66. The van der Waals surface area contributed by atoms with Crippen LogP contribution in [0, 0.1) is 11.7 Å². The fourth-order valence-electron chi connectivity index (χ4n) is 3.30. The lowest BCUT2D eigenvalue weighted by Crippen LogP contribution is -2.45. The van der Waals surface area contributed by atoms with Crippen molar-refractivity contribution in [1.29, 1.82) is 0 Å². The Morgan fingerprint density at radius 2 is 2.30 bits per heavy atom. The molecule has 20 heavy (non-hydrogen) atoms. The minimum absolute atomic E-state index is 0.0788. The summed E-state index contributed by atoms with van der Waals surface area (Å²) < 4.78 is 14.0. The number of benzene rings is 1. The van der Waals surface area contributed by atoms with Crippen LogP contribution in [-0.4, -0.2) is 29.9 Å². The summed E-state index contributed by atoms with van der Waals surface area (Å²) >= 11 is 0. The first-order valence-corrected chi connectivity index (χ1v) is 7.18. The second-order valence-corrected chi connectivity index (χ2v) is 5.66. The van der Waals surface area contributed by atoms with E-state index in [4.69, 9.17) is 5.73 Å². The standard InChI is InChI=1S/C15H20FN3O/c16-13-6-10(7-17)3-4-11(13)9-19-5-1-2-12-14(19)8-18-15(12)20/h3-4,6,12,14H,1-2,5,7-9,17H2,(H,18,20). The Balaban J connectivity index is 1.75. The molecule has 1 amide bonds. The van der Waals surface area contributed by atoms with E-state index >= 15 is 0 Å². The maximum atomic E-state index is 14.0. The third kappa shape index (κ3) is 2.43. The molecule has 3 rings (SSSR count). The van der Waals surface area contributed by atoms with E-state index in [2.05, 4.69) is 10.2 Å². The highest BCUT2D eigenvalue weighted by Gasteiger charge is 2.40. The molecule has 2 aliphatic rings. The molecule has 0 spiro atoms. The predicted octanol–water partition coefficient (Wildman–Crippen LogP) is 0.995. The van der Waals surface area contributed by atoms with Crippen LogP contribution in [0.25, 0.3) is 0 Å². The van der Waals surface area contributed by atoms with E-state index < -0.39 is 0 Å². The van der Waals surface area contributed by atoms with Gasteiger partial charge in [0.25, 0.3) is 0 Å². The summed E-state index contributed by atoms with van der Waals surface area (Å²) in [6.45, 7) is 2.52. The van der Waals surface area contributed by atoms with Crippen molar-refractivity contribution < 1.29 is 9.18 Å². The molecule has 2 fully saturated rings. The molecule has 0 aromatic heterocycles. The maximum Gasteiger partial charge on any atom is 0.224 e. The van der Waals surface area contributed by atoms with E-state index in [1.807, 2.05) is 12.1 Å². The minimum atomic E-state index is -0.202. The Hall–Kier alpha value is -1.46. The lowest BCUT2D eigenvalue weighted by molar-refractivity contribution is -0.124. The van der Waals surface area contributed by atoms with Crippen LogP contribution in [0.15, 0.2) is 18.2 Å². The molecule has 0 radical (unpaired) electrons. The fourth-order valence-corrected chi connectivity index (χ4v) is 3.30. The zero-order valence-corrected chi connectivity index (χ0v) is 11.4. The van der Waals surface area contributed by atoms with E-state index in [1.165, 1.54) is 6.07 Å². The number of nitrogens with two attached hydrogens (primary N) is 1. The number of carbonyl (C=O) groups is 1. The van der Waals surface area contributed by atoms with Crippen LogP contribution in [0.5, 0.6) is 0 Å². The predicted molar refractivity (Wildman–Crippen MR) is 74.2 cm³/mol. The highest BCUT2D eigenvalue weighted by molar-refractivity contribution is 5.82. The maximum absolute atomic E-state index is 14.0. The van der Waals surface area contributed by atoms with Gasteiger partial charge in [-0.1, -0.05) is 12.1 Å². The largest absolute Gasteiger partial charge is 0.354 e. The lowest BCUT2D eigenvalue weighted by atomic mass is 9.91. The lowest BCUT2D eigenvalue weighted by Gasteiger charge is -2.35. The summed E-state index contributed by atoms with van der Waals surface area (Å²) in [5.41, 5.74) is 7.00. The topological polar surface area (TPSA) is 58.4 Å². The van der Waals surface area contributed by atoms with Gasteiger partial charge in [0, 0.05) is 31.2 Å². The third-order valence-corrected chi connectivity index (χ3v) is 4.44. The molecule has 0 saturated carbocycles. The van der Waals surface area contributed by atoms with Gasteiger partial charge in [-0.15, -0.1) is 0 Å². The first kappa shape index (κ1) is 13.5. The van der Waals surface area contributed by atoms with Crippen LogP contribution in [0.3, 0.4) is 0 Å². The molecule has 0 bridgehead atoms. The quantitative estimate of drug-likeness (QED) is 0.866. The molecular weight excluding hydrogens is 257 g/mol. The Morgan fingerprint density at radius 3 is 3.05 bits per heavy atom. The van der Waals surface area contributed by atoms with Crippen molar-refractivity contribution >= 4 is 5.91 Å².